The van der Waals surface area contributed by atoms with Crippen LogP contribution in [0.1, 0.15) is 48.9 Å². The van der Waals surface area contributed by atoms with Crippen LogP contribution in [0.15, 0.2) is 58.8 Å². The molecule has 5 heteroatoms. The molecule has 0 fully saturated rings. The van der Waals surface area contributed by atoms with E-state index >= 15 is 0 Å². The predicted octanol–water partition coefficient (Wildman–Crippen LogP) is 4.51. The summed E-state index contributed by atoms with van der Waals surface area (Å²) in [6, 6.07) is 7.25. The van der Waals surface area contributed by atoms with Gasteiger partial charge in [-0.15, -0.1) is 0 Å². The zero-order valence-electron chi connectivity index (χ0n) is 15.0. The van der Waals surface area contributed by atoms with E-state index in [2.05, 4.69) is 45.4 Å². The highest BCUT2D eigenvalue weighted by Gasteiger charge is 2.08. The molecule has 0 saturated heterocycles. The summed E-state index contributed by atoms with van der Waals surface area (Å²) in [5.41, 5.74) is 7.07. The lowest BCUT2D eigenvalue weighted by Gasteiger charge is -2.12. The van der Waals surface area contributed by atoms with Crippen LogP contribution < -0.4 is 10.9 Å². The Bertz CT molecular complexity index is 703. The average molecular weight is 350 g/mol. The Balaban J connectivity index is 1.44. The fraction of sp³-hybridized carbons (Fsp3) is 0.381. The average Bonchev–Trinajstić information content (AvgIpc) is 2.70. The molecule has 0 aliphatic heterocycles. The van der Waals surface area contributed by atoms with Crippen molar-refractivity contribution in [2.75, 3.05) is 5.43 Å². The number of allylic oxidation sites excluding steroid dienone is 4. The van der Waals surface area contributed by atoms with Crippen molar-refractivity contribution >= 4 is 24.0 Å². The van der Waals surface area contributed by atoms with Crippen molar-refractivity contribution in [1.82, 2.24) is 5.43 Å². The van der Waals surface area contributed by atoms with E-state index in [1.165, 1.54) is 0 Å². The molecule has 1 amide bonds. The van der Waals surface area contributed by atoms with Gasteiger partial charge < -0.3 is 0 Å². The van der Waals surface area contributed by atoms with Crippen LogP contribution in [-0.2, 0) is 0 Å². The molecule has 5 nitrogen and oxygen atoms in total. The molecular formula is C21H26N4O. The number of carbonyl (C=O) groups is 1. The monoisotopic (exact) mass is 350 g/mol. The third-order valence-electron chi connectivity index (χ3n) is 4.70. The van der Waals surface area contributed by atoms with Crippen LogP contribution in [0.5, 0.6) is 0 Å². The summed E-state index contributed by atoms with van der Waals surface area (Å²) in [7, 11) is 0. The number of anilines is 1. The molecule has 0 aromatic heterocycles. The number of hydrazone groups is 2. The number of benzene rings is 1. The number of hydrogen-bond acceptors (Lipinski definition) is 4. The summed E-state index contributed by atoms with van der Waals surface area (Å²) >= 11 is 0. The van der Waals surface area contributed by atoms with E-state index in [-0.39, 0.29) is 5.91 Å². The van der Waals surface area contributed by atoms with E-state index in [4.69, 9.17) is 0 Å². The lowest BCUT2D eigenvalue weighted by Crippen LogP contribution is -2.18. The fourth-order valence-corrected chi connectivity index (χ4v) is 3.08. The van der Waals surface area contributed by atoms with Crippen LogP contribution in [0.4, 0.5) is 5.69 Å². The van der Waals surface area contributed by atoms with Gasteiger partial charge in [0.25, 0.3) is 5.91 Å². The largest absolute Gasteiger partial charge is 0.279 e. The second-order valence-electron chi connectivity index (χ2n) is 6.78. The van der Waals surface area contributed by atoms with Gasteiger partial charge in [0.15, 0.2) is 0 Å². The minimum absolute atomic E-state index is 0.198. The third-order valence-corrected chi connectivity index (χ3v) is 4.70. The third kappa shape index (κ3) is 5.69. The number of nitrogens with zero attached hydrogens (tertiary/aromatic N) is 2. The summed E-state index contributed by atoms with van der Waals surface area (Å²) in [5, 5.41) is 8.39. The molecule has 2 aliphatic rings. The minimum Gasteiger partial charge on any atom is -0.279 e. The van der Waals surface area contributed by atoms with Crippen molar-refractivity contribution in [2.45, 2.75) is 38.5 Å². The Morgan fingerprint density at radius 1 is 0.885 bits per heavy atom. The second-order valence-corrected chi connectivity index (χ2v) is 6.78. The lowest BCUT2D eigenvalue weighted by molar-refractivity contribution is 0.0955. The van der Waals surface area contributed by atoms with Crippen LogP contribution in [-0.4, -0.2) is 18.3 Å². The maximum absolute atomic E-state index is 12.1. The highest BCUT2D eigenvalue weighted by molar-refractivity contribution is 5.94. The van der Waals surface area contributed by atoms with Gasteiger partial charge in [-0.2, -0.15) is 10.2 Å². The smallest absolute Gasteiger partial charge is 0.271 e. The molecule has 2 atom stereocenters. The molecule has 0 saturated carbocycles. The summed E-state index contributed by atoms with van der Waals surface area (Å²) in [5.74, 6) is 0.733. The van der Waals surface area contributed by atoms with Crippen molar-refractivity contribution < 1.29 is 4.79 Å². The van der Waals surface area contributed by atoms with Crippen molar-refractivity contribution in [2.24, 2.45) is 22.0 Å². The van der Waals surface area contributed by atoms with Gasteiger partial charge in [0.05, 0.1) is 5.69 Å². The van der Waals surface area contributed by atoms with Gasteiger partial charge >= 0.3 is 0 Å². The van der Waals surface area contributed by atoms with Crippen molar-refractivity contribution in [3.8, 4) is 0 Å². The van der Waals surface area contributed by atoms with E-state index < -0.39 is 0 Å². The van der Waals surface area contributed by atoms with Gasteiger partial charge in [-0.05, 0) is 74.6 Å². The van der Waals surface area contributed by atoms with Gasteiger partial charge in [-0.1, -0.05) is 24.3 Å². The molecule has 0 radical (unpaired) electrons. The predicted molar refractivity (Wildman–Crippen MR) is 107 cm³/mol. The molecule has 3 rings (SSSR count). The molecule has 2 aliphatic carbocycles. The van der Waals surface area contributed by atoms with Gasteiger partial charge in [0, 0.05) is 18.0 Å². The molecular weight excluding hydrogens is 324 g/mol. The van der Waals surface area contributed by atoms with Gasteiger partial charge in [0.2, 0.25) is 0 Å². The highest BCUT2D eigenvalue weighted by Crippen LogP contribution is 2.17. The Morgan fingerprint density at radius 2 is 1.50 bits per heavy atom. The van der Waals surface area contributed by atoms with Crippen LogP contribution in [0.3, 0.4) is 0 Å². The Labute approximate surface area is 155 Å². The van der Waals surface area contributed by atoms with Gasteiger partial charge in [0.1, 0.15) is 0 Å². The van der Waals surface area contributed by atoms with Gasteiger partial charge in [-0.3, -0.25) is 10.2 Å². The first-order valence-corrected chi connectivity index (χ1v) is 9.34. The maximum Gasteiger partial charge on any atom is 0.271 e. The zero-order valence-corrected chi connectivity index (χ0v) is 15.0. The fourth-order valence-electron chi connectivity index (χ4n) is 3.08. The second kappa shape index (κ2) is 9.70. The van der Waals surface area contributed by atoms with E-state index in [9.17, 15) is 4.79 Å². The quantitative estimate of drug-likeness (QED) is 0.450. The molecule has 1 aromatic rings. The van der Waals surface area contributed by atoms with Crippen LogP contribution in [0, 0.1) is 11.8 Å². The number of amides is 1. The summed E-state index contributed by atoms with van der Waals surface area (Å²) < 4.78 is 0. The zero-order chi connectivity index (χ0) is 18.0. The van der Waals surface area contributed by atoms with E-state index in [0.717, 1.165) is 44.2 Å². The van der Waals surface area contributed by atoms with Crippen molar-refractivity contribution in [3.05, 3.63) is 54.1 Å². The van der Waals surface area contributed by atoms with Gasteiger partial charge in [-0.25, -0.2) is 5.43 Å². The van der Waals surface area contributed by atoms with Crippen LogP contribution >= 0.6 is 0 Å². The highest BCUT2D eigenvalue weighted by atomic mass is 16.2. The molecule has 0 spiro atoms. The van der Waals surface area contributed by atoms with Crippen molar-refractivity contribution in [1.29, 1.82) is 0 Å². The molecule has 26 heavy (non-hydrogen) atoms. The van der Waals surface area contributed by atoms with Crippen LogP contribution in [0.2, 0.25) is 0 Å². The molecule has 2 N–H and O–H groups in total. The molecule has 0 heterocycles. The maximum atomic E-state index is 12.1. The summed E-state index contributed by atoms with van der Waals surface area (Å²) in [4.78, 5) is 12.1. The standard InChI is InChI=1S/C21H26N4O/c26-21(25-23-16-18-9-5-2-6-10-18)19-11-13-20(14-12-19)24-22-15-17-7-3-1-4-8-17/h1-3,5,11-18,24H,4,6-10H2,(H,25,26)/b22-15-,23-16-/t17-,18+/m1/s1. The Kier molecular flexibility index (Phi) is 6.76. The summed E-state index contributed by atoms with van der Waals surface area (Å²) in [6.07, 6.45) is 19.1. The number of carbonyl (C=O) groups excluding carboxylic acids is 1. The SMILES string of the molecule is O=C(N/N=C\[C@H]1CC=CCC1)c1ccc(N/N=C\[C@@H]2CC=CCC2)cc1. The van der Waals surface area contributed by atoms with E-state index in [1.54, 1.807) is 12.1 Å². The topological polar surface area (TPSA) is 65.8 Å². The summed E-state index contributed by atoms with van der Waals surface area (Å²) in [6.45, 7) is 0. The Hall–Kier alpha value is -2.69. The Morgan fingerprint density at radius 3 is 2.08 bits per heavy atom. The van der Waals surface area contributed by atoms with E-state index in [0.29, 0.717) is 17.4 Å². The van der Waals surface area contributed by atoms with Crippen LogP contribution in [0.25, 0.3) is 0 Å². The first-order valence-electron chi connectivity index (χ1n) is 9.34. The number of nitrogens with one attached hydrogen (secondary N) is 2. The number of rotatable bonds is 6. The molecule has 1 aromatic carbocycles. The molecule has 0 unspecified atom stereocenters. The first kappa shape index (κ1) is 18.1. The first-order chi connectivity index (χ1) is 12.8. The van der Waals surface area contributed by atoms with E-state index in [1.807, 2.05) is 24.6 Å². The van der Waals surface area contributed by atoms with Crippen molar-refractivity contribution in [3.63, 3.8) is 0 Å². The lowest BCUT2D eigenvalue weighted by atomic mass is 9.96. The molecule has 0 bridgehead atoms. The minimum atomic E-state index is -0.198. The number of hydrogen-bond donors (Lipinski definition) is 2. The molecule has 136 valence electrons. The normalized spacial score (nSPS) is 22.8.